The summed E-state index contributed by atoms with van der Waals surface area (Å²) in [4.78, 5) is 32.7. The lowest BCUT2D eigenvalue weighted by atomic mass is 10.2. The molecule has 0 saturated carbocycles. The van der Waals surface area contributed by atoms with Crippen LogP contribution in [-0.2, 0) is 11.3 Å². The van der Waals surface area contributed by atoms with Crippen LogP contribution in [0.25, 0.3) is 11.7 Å². The molecule has 4 heterocycles. The zero-order valence-electron chi connectivity index (χ0n) is 17.8. The van der Waals surface area contributed by atoms with Crippen molar-refractivity contribution >= 4 is 45.9 Å². The van der Waals surface area contributed by atoms with E-state index in [1.807, 2.05) is 0 Å². The molecule has 170 valence electrons. The molecule has 1 aromatic carbocycles. The third-order valence-corrected chi connectivity index (χ3v) is 6.43. The second-order valence-corrected chi connectivity index (χ2v) is 8.84. The first kappa shape index (κ1) is 21.9. The van der Waals surface area contributed by atoms with E-state index in [9.17, 15) is 9.59 Å². The number of hydrogen-bond donors (Lipinski definition) is 0. The molecule has 0 unspecified atom stereocenters. The number of hydrogen-bond acceptors (Lipinski definition) is 8. The highest BCUT2D eigenvalue weighted by Gasteiger charge is 2.33. The number of para-hydroxylation sites is 2. The average molecular weight is 492 g/mol. The molecule has 0 bridgehead atoms. The van der Waals surface area contributed by atoms with Gasteiger partial charge in [0.05, 0.1) is 24.8 Å². The predicted octanol–water partition coefficient (Wildman–Crippen LogP) is 4.49. The Bertz CT molecular complexity index is 1490. The number of furan rings is 1. The van der Waals surface area contributed by atoms with E-state index in [0.29, 0.717) is 27.2 Å². The smallest absolute Gasteiger partial charge is 0.269 e. The SMILES string of the molecule is COc1ccccc1Oc1nc2ccccn2c(=O)c1/C=C1\SC(=S)N(Cc2ccco2)C1=O. The number of carbonyl (C=O) groups excluding carboxylic acids is 1. The first-order chi connectivity index (χ1) is 16.5. The van der Waals surface area contributed by atoms with Gasteiger partial charge < -0.3 is 13.9 Å². The van der Waals surface area contributed by atoms with Crippen LogP contribution in [0.1, 0.15) is 11.3 Å². The maximum atomic E-state index is 13.4. The van der Waals surface area contributed by atoms with Gasteiger partial charge in [-0.15, -0.1) is 0 Å². The summed E-state index contributed by atoms with van der Waals surface area (Å²) in [5.74, 6) is 1.19. The molecule has 0 aliphatic carbocycles. The van der Waals surface area contributed by atoms with Crippen LogP contribution in [0.5, 0.6) is 17.4 Å². The first-order valence-corrected chi connectivity index (χ1v) is 11.4. The zero-order chi connectivity index (χ0) is 23.7. The van der Waals surface area contributed by atoms with E-state index in [-0.39, 0.29) is 34.4 Å². The number of amides is 1. The summed E-state index contributed by atoms with van der Waals surface area (Å²) in [5, 5.41) is 0. The van der Waals surface area contributed by atoms with Gasteiger partial charge in [0.1, 0.15) is 21.3 Å². The summed E-state index contributed by atoms with van der Waals surface area (Å²) >= 11 is 6.51. The van der Waals surface area contributed by atoms with Crippen LogP contribution in [0.3, 0.4) is 0 Å². The monoisotopic (exact) mass is 491 g/mol. The van der Waals surface area contributed by atoms with Crippen molar-refractivity contribution in [3.8, 4) is 17.4 Å². The normalized spacial score (nSPS) is 14.9. The van der Waals surface area contributed by atoms with Gasteiger partial charge in [0.15, 0.2) is 11.5 Å². The predicted molar refractivity (Wildman–Crippen MR) is 132 cm³/mol. The molecule has 8 nitrogen and oxygen atoms in total. The lowest BCUT2D eigenvalue weighted by molar-refractivity contribution is -0.122. The maximum absolute atomic E-state index is 13.4. The number of ether oxygens (including phenoxy) is 2. The van der Waals surface area contributed by atoms with Crippen molar-refractivity contribution in [2.75, 3.05) is 7.11 Å². The second kappa shape index (κ2) is 9.16. The van der Waals surface area contributed by atoms with Crippen molar-refractivity contribution in [3.63, 3.8) is 0 Å². The molecule has 34 heavy (non-hydrogen) atoms. The standard InChI is InChI=1S/C24H17N3O5S2/c1-30-17-8-2-3-9-18(17)32-21-16(22(28)26-11-5-4-10-20(26)25-21)13-19-23(29)27(24(33)34-19)14-15-7-6-12-31-15/h2-13H,14H2,1H3/b19-13-. The van der Waals surface area contributed by atoms with Crippen molar-refractivity contribution < 1.29 is 18.7 Å². The summed E-state index contributed by atoms with van der Waals surface area (Å²) in [6.07, 6.45) is 4.62. The summed E-state index contributed by atoms with van der Waals surface area (Å²) in [6.45, 7) is 0.203. The maximum Gasteiger partial charge on any atom is 0.269 e. The average Bonchev–Trinajstić information content (AvgIpc) is 3.46. The van der Waals surface area contributed by atoms with Crippen molar-refractivity contribution in [1.82, 2.24) is 14.3 Å². The lowest BCUT2D eigenvalue weighted by Gasteiger charge is -2.13. The molecule has 1 saturated heterocycles. The van der Waals surface area contributed by atoms with Crippen molar-refractivity contribution in [3.05, 3.63) is 93.6 Å². The zero-order valence-corrected chi connectivity index (χ0v) is 19.5. The Morgan fingerprint density at radius 1 is 1.09 bits per heavy atom. The van der Waals surface area contributed by atoms with Gasteiger partial charge >= 0.3 is 0 Å². The van der Waals surface area contributed by atoms with E-state index in [4.69, 9.17) is 26.1 Å². The van der Waals surface area contributed by atoms with E-state index in [0.717, 1.165) is 11.8 Å². The summed E-state index contributed by atoms with van der Waals surface area (Å²) in [5.41, 5.74) is 0.139. The fourth-order valence-corrected chi connectivity index (χ4v) is 4.65. The lowest BCUT2D eigenvalue weighted by Crippen LogP contribution is -2.27. The van der Waals surface area contributed by atoms with Crippen LogP contribution in [0.15, 0.2) is 81.2 Å². The Labute approximate surface area is 203 Å². The van der Waals surface area contributed by atoms with Gasteiger partial charge in [-0.05, 0) is 42.5 Å². The largest absolute Gasteiger partial charge is 0.493 e. The topological polar surface area (TPSA) is 86.3 Å². The number of thioether (sulfide) groups is 1. The molecule has 1 aliphatic rings. The number of benzene rings is 1. The molecule has 3 aromatic heterocycles. The Kier molecular flexibility index (Phi) is 5.91. The van der Waals surface area contributed by atoms with Crippen LogP contribution < -0.4 is 15.0 Å². The van der Waals surface area contributed by atoms with Gasteiger partial charge in [0.25, 0.3) is 11.5 Å². The van der Waals surface area contributed by atoms with E-state index in [1.165, 1.54) is 28.7 Å². The molecule has 4 aromatic rings. The van der Waals surface area contributed by atoms with Crippen molar-refractivity contribution in [2.45, 2.75) is 6.54 Å². The van der Waals surface area contributed by atoms with E-state index in [1.54, 1.807) is 60.8 Å². The van der Waals surface area contributed by atoms with Gasteiger partial charge in [-0.1, -0.05) is 42.2 Å². The van der Waals surface area contributed by atoms with E-state index < -0.39 is 0 Å². The fraction of sp³-hybridized carbons (Fsp3) is 0.0833. The highest BCUT2D eigenvalue weighted by atomic mass is 32.2. The van der Waals surface area contributed by atoms with Crippen LogP contribution >= 0.6 is 24.0 Å². The number of carbonyl (C=O) groups is 1. The van der Waals surface area contributed by atoms with E-state index in [2.05, 4.69) is 4.98 Å². The van der Waals surface area contributed by atoms with Crippen LogP contribution in [-0.4, -0.2) is 31.6 Å². The molecule has 0 N–H and O–H groups in total. The molecule has 0 atom stereocenters. The second-order valence-electron chi connectivity index (χ2n) is 7.16. The van der Waals surface area contributed by atoms with Crippen molar-refractivity contribution in [2.24, 2.45) is 0 Å². The number of aromatic nitrogens is 2. The minimum atomic E-state index is -0.383. The number of fused-ring (bicyclic) bond motifs is 1. The van der Waals surface area contributed by atoms with E-state index >= 15 is 0 Å². The summed E-state index contributed by atoms with van der Waals surface area (Å²) in [6, 6.07) is 15.7. The van der Waals surface area contributed by atoms with Crippen LogP contribution in [0.2, 0.25) is 0 Å². The Morgan fingerprint density at radius 2 is 1.88 bits per heavy atom. The molecule has 5 rings (SSSR count). The Balaban J connectivity index is 1.59. The molecule has 1 aliphatic heterocycles. The molecule has 0 spiro atoms. The third-order valence-electron chi connectivity index (χ3n) is 5.05. The minimum absolute atomic E-state index is 0.0528. The van der Waals surface area contributed by atoms with Crippen LogP contribution in [0, 0.1) is 0 Å². The minimum Gasteiger partial charge on any atom is -0.493 e. The molecule has 1 fully saturated rings. The highest BCUT2D eigenvalue weighted by molar-refractivity contribution is 8.26. The van der Waals surface area contributed by atoms with Gasteiger partial charge in [-0.3, -0.25) is 18.9 Å². The summed E-state index contributed by atoms with van der Waals surface area (Å²) in [7, 11) is 1.52. The number of methoxy groups -OCH3 is 1. The first-order valence-electron chi connectivity index (χ1n) is 10.1. The number of rotatable bonds is 6. The number of nitrogens with zero attached hydrogens (tertiary/aromatic N) is 3. The van der Waals surface area contributed by atoms with Crippen molar-refractivity contribution in [1.29, 1.82) is 0 Å². The molecule has 1 amide bonds. The molecular formula is C24H17N3O5S2. The molecule has 10 heteroatoms. The fourth-order valence-electron chi connectivity index (χ4n) is 3.42. The van der Waals surface area contributed by atoms with Gasteiger partial charge in [0, 0.05) is 6.20 Å². The Hall–Kier alpha value is -3.89. The molecular weight excluding hydrogens is 474 g/mol. The quantitative estimate of drug-likeness (QED) is 0.288. The third kappa shape index (κ3) is 4.09. The summed E-state index contributed by atoms with van der Waals surface area (Å²) < 4.78 is 18.5. The molecule has 0 radical (unpaired) electrons. The van der Waals surface area contributed by atoms with Gasteiger partial charge in [-0.25, -0.2) is 0 Å². The van der Waals surface area contributed by atoms with Gasteiger partial charge in [0.2, 0.25) is 5.88 Å². The number of pyridine rings is 1. The number of thiocarbonyl (C=S) groups is 1. The van der Waals surface area contributed by atoms with Gasteiger partial charge in [-0.2, -0.15) is 4.98 Å². The Morgan fingerprint density at radius 3 is 2.65 bits per heavy atom. The highest BCUT2D eigenvalue weighted by Crippen LogP contribution is 2.36. The van der Waals surface area contributed by atoms with Crippen LogP contribution in [0.4, 0.5) is 0 Å².